The van der Waals surface area contributed by atoms with Gasteiger partial charge < -0.3 is 10.0 Å². The molecule has 0 aliphatic rings. The van der Waals surface area contributed by atoms with Gasteiger partial charge in [-0.15, -0.1) is 0 Å². The number of carboxylic acids is 1. The summed E-state index contributed by atoms with van der Waals surface area (Å²) in [5.41, 5.74) is 0.218. The molecule has 0 bridgehead atoms. The van der Waals surface area contributed by atoms with Gasteiger partial charge in [0.25, 0.3) is 0 Å². The van der Waals surface area contributed by atoms with E-state index in [9.17, 15) is 9.59 Å². The third-order valence-corrected chi connectivity index (χ3v) is 2.58. The van der Waals surface area contributed by atoms with Gasteiger partial charge in [0.15, 0.2) is 0 Å². The predicted molar refractivity (Wildman–Crippen MR) is 72.4 cm³/mol. The molecular formula is C14H27NO3. The molecule has 4 nitrogen and oxygen atoms in total. The minimum atomic E-state index is -0.945. The number of carbonyl (C=O) groups excluding carboxylic acids is 1. The minimum absolute atomic E-state index is 0.0460. The van der Waals surface area contributed by atoms with E-state index in [0.29, 0.717) is 13.0 Å². The summed E-state index contributed by atoms with van der Waals surface area (Å²) in [4.78, 5) is 24.2. The van der Waals surface area contributed by atoms with E-state index >= 15 is 0 Å². The van der Waals surface area contributed by atoms with E-state index in [4.69, 9.17) is 5.11 Å². The van der Waals surface area contributed by atoms with Crippen LogP contribution in [0.2, 0.25) is 0 Å². The Kier molecular flexibility index (Phi) is 6.96. The summed E-state index contributed by atoms with van der Waals surface area (Å²) in [6.45, 7) is 10.7. The van der Waals surface area contributed by atoms with Crippen LogP contribution in [-0.4, -0.2) is 35.0 Å². The molecule has 1 N–H and O–H groups in total. The quantitative estimate of drug-likeness (QED) is 0.763. The smallest absolute Gasteiger partial charge is 0.323 e. The van der Waals surface area contributed by atoms with Gasteiger partial charge in [0.1, 0.15) is 6.54 Å². The third-order valence-electron chi connectivity index (χ3n) is 2.58. The van der Waals surface area contributed by atoms with E-state index in [1.807, 2.05) is 13.8 Å². The molecule has 0 heterocycles. The average molecular weight is 257 g/mol. The molecular weight excluding hydrogens is 230 g/mol. The molecule has 0 saturated carbocycles. The van der Waals surface area contributed by atoms with Crippen molar-refractivity contribution in [3.63, 3.8) is 0 Å². The van der Waals surface area contributed by atoms with Gasteiger partial charge in [-0.25, -0.2) is 0 Å². The lowest BCUT2D eigenvalue weighted by molar-refractivity contribution is -0.144. The molecule has 0 radical (unpaired) electrons. The van der Waals surface area contributed by atoms with Crippen molar-refractivity contribution in [1.29, 1.82) is 0 Å². The number of amides is 1. The number of hydrogen-bond donors (Lipinski definition) is 1. The molecule has 0 rings (SSSR count). The second-order valence-electron chi connectivity index (χ2n) is 6.48. The molecule has 0 aromatic rings. The summed E-state index contributed by atoms with van der Waals surface area (Å²) in [5, 5.41) is 8.81. The van der Waals surface area contributed by atoms with Crippen LogP contribution in [0.5, 0.6) is 0 Å². The van der Waals surface area contributed by atoms with E-state index in [0.717, 1.165) is 12.8 Å². The molecule has 0 atom stereocenters. The highest BCUT2D eigenvalue weighted by molar-refractivity contribution is 5.81. The van der Waals surface area contributed by atoms with Gasteiger partial charge in [0, 0.05) is 13.0 Å². The molecule has 0 saturated heterocycles. The topological polar surface area (TPSA) is 57.6 Å². The molecule has 0 spiro atoms. The van der Waals surface area contributed by atoms with E-state index in [-0.39, 0.29) is 23.8 Å². The number of carboxylic acid groups (broad SMARTS) is 1. The molecule has 4 heteroatoms. The summed E-state index contributed by atoms with van der Waals surface area (Å²) < 4.78 is 0. The van der Waals surface area contributed by atoms with Crippen LogP contribution in [0.1, 0.15) is 53.9 Å². The first-order chi connectivity index (χ1) is 8.11. The van der Waals surface area contributed by atoms with E-state index in [1.54, 1.807) is 0 Å². The Morgan fingerprint density at radius 1 is 1.22 bits per heavy atom. The Morgan fingerprint density at radius 3 is 2.17 bits per heavy atom. The number of aliphatic carboxylic acids is 1. The van der Waals surface area contributed by atoms with Crippen LogP contribution in [0.25, 0.3) is 0 Å². The van der Waals surface area contributed by atoms with Gasteiger partial charge in [-0.05, 0) is 24.2 Å². The molecule has 0 fully saturated rings. The third kappa shape index (κ3) is 9.02. The highest BCUT2D eigenvalue weighted by Crippen LogP contribution is 2.21. The van der Waals surface area contributed by atoms with E-state index < -0.39 is 5.97 Å². The van der Waals surface area contributed by atoms with Crippen molar-refractivity contribution >= 4 is 11.9 Å². The summed E-state index contributed by atoms with van der Waals surface area (Å²) in [6.07, 6.45) is 2.23. The summed E-state index contributed by atoms with van der Waals surface area (Å²) in [5.74, 6) is -0.703. The Hall–Kier alpha value is -1.06. The van der Waals surface area contributed by atoms with Crippen LogP contribution in [0.15, 0.2) is 0 Å². The Balaban J connectivity index is 4.25. The molecule has 0 aliphatic heterocycles. The first-order valence-electron chi connectivity index (χ1n) is 6.61. The predicted octanol–water partition coefficient (Wildman–Crippen LogP) is 2.77. The number of nitrogens with zero attached hydrogens (tertiary/aromatic N) is 1. The SMILES string of the molecule is CC(C)CN(CC(=O)O)C(=O)CCCC(C)(C)C. The van der Waals surface area contributed by atoms with Crippen molar-refractivity contribution in [2.45, 2.75) is 53.9 Å². The average Bonchev–Trinajstić information content (AvgIpc) is 2.12. The van der Waals surface area contributed by atoms with Gasteiger partial charge in [-0.3, -0.25) is 9.59 Å². The minimum Gasteiger partial charge on any atom is -0.480 e. The van der Waals surface area contributed by atoms with E-state index in [2.05, 4.69) is 20.8 Å². The van der Waals surface area contributed by atoms with Crippen molar-refractivity contribution in [3.8, 4) is 0 Å². The monoisotopic (exact) mass is 257 g/mol. The first-order valence-corrected chi connectivity index (χ1v) is 6.61. The maximum absolute atomic E-state index is 12.0. The van der Waals surface area contributed by atoms with Gasteiger partial charge in [-0.1, -0.05) is 34.6 Å². The Labute approximate surface area is 110 Å². The highest BCUT2D eigenvalue weighted by Gasteiger charge is 2.18. The first kappa shape index (κ1) is 16.9. The van der Waals surface area contributed by atoms with Crippen LogP contribution < -0.4 is 0 Å². The van der Waals surface area contributed by atoms with Gasteiger partial charge in [-0.2, -0.15) is 0 Å². The van der Waals surface area contributed by atoms with Gasteiger partial charge in [0.2, 0.25) is 5.91 Å². The van der Waals surface area contributed by atoms with Crippen LogP contribution in [0.3, 0.4) is 0 Å². The molecule has 18 heavy (non-hydrogen) atoms. The fraction of sp³-hybridized carbons (Fsp3) is 0.857. The molecule has 0 unspecified atom stereocenters. The van der Waals surface area contributed by atoms with Gasteiger partial charge in [0.05, 0.1) is 0 Å². The van der Waals surface area contributed by atoms with Crippen LogP contribution in [0.4, 0.5) is 0 Å². The Bertz CT molecular complexity index is 279. The molecule has 0 aliphatic carbocycles. The van der Waals surface area contributed by atoms with Crippen molar-refractivity contribution in [1.82, 2.24) is 4.90 Å². The molecule has 1 amide bonds. The fourth-order valence-corrected chi connectivity index (χ4v) is 1.79. The maximum atomic E-state index is 12.0. The van der Waals surface area contributed by atoms with Crippen molar-refractivity contribution in [2.24, 2.45) is 11.3 Å². The summed E-state index contributed by atoms with van der Waals surface area (Å²) >= 11 is 0. The number of rotatable bonds is 7. The zero-order chi connectivity index (χ0) is 14.3. The largest absolute Gasteiger partial charge is 0.480 e. The lowest BCUT2D eigenvalue weighted by atomic mass is 9.90. The zero-order valence-electron chi connectivity index (χ0n) is 12.3. The summed E-state index contributed by atoms with van der Waals surface area (Å²) in [7, 11) is 0. The molecule has 0 aromatic heterocycles. The maximum Gasteiger partial charge on any atom is 0.323 e. The van der Waals surface area contributed by atoms with Crippen molar-refractivity contribution in [3.05, 3.63) is 0 Å². The van der Waals surface area contributed by atoms with Crippen molar-refractivity contribution < 1.29 is 14.7 Å². The standard InChI is InChI=1S/C14H27NO3/c1-11(2)9-15(10-13(17)18)12(16)7-6-8-14(3,4)5/h11H,6-10H2,1-5H3,(H,17,18). The highest BCUT2D eigenvalue weighted by atomic mass is 16.4. The Morgan fingerprint density at radius 2 is 1.78 bits per heavy atom. The normalized spacial score (nSPS) is 11.7. The number of carbonyl (C=O) groups is 2. The van der Waals surface area contributed by atoms with Gasteiger partial charge >= 0.3 is 5.97 Å². The fourth-order valence-electron chi connectivity index (χ4n) is 1.79. The van der Waals surface area contributed by atoms with Crippen molar-refractivity contribution in [2.75, 3.05) is 13.1 Å². The zero-order valence-corrected chi connectivity index (χ0v) is 12.3. The second kappa shape index (κ2) is 7.39. The van der Waals surface area contributed by atoms with E-state index in [1.165, 1.54) is 4.90 Å². The van der Waals surface area contributed by atoms with Crippen LogP contribution in [-0.2, 0) is 9.59 Å². The van der Waals surface area contributed by atoms with Crippen LogP contribution in [0, 0.1) is 11.3 Å². The lowest BCUT2D eigenvalue weighted by Crippen LogP contribution is -2.38. The van der Waals surface area contributed by atoms with Crippen LogP contribution >= 0.6 is 0 Å². The molecule has 0 aromatic carbocycles. The summed E-state index contributed by atoms with van der Waals surface area (Å²) in [6, 6.07) is 0. The number of hydrogen-bond acceptors (Lipinski definition) is 2. The lowest BCUT2D eigenvalue weighted by Gasteiger charge is -2.24. The molecule has 106 valence electrons. The second-order valence-corrected chi connectivity index (χ2v) is 6.48.